The molecule has 92 valence electrons. The van der Waals surface area contributed by atoms with Gasteiger partial charge in [-0.25, -0.2) is 0 Å². The number of fused-ring (bicyclic) bond motifs is 1. The zero-order valence-corrected chi connectivity index (χ0v) is 9.93. The molecule has 1 aromatic rings. The molecular formula is C14H19NO2. The number of carboxylic acid groups (broad SMARTS) is 1. The number of nitrogens with two attached hydrogens (primary N) is 1. The Kier molecular flexibility index (Phi) is 3.79. The second-order valence-corrected chi connectivity index (χ2v) is 4.79. The Labute approximate surface area is 102 Å². The molecule has 0 aliphatic heterocycles. The predicted molar refractivity (Wildman–Crippen MR) is 66.9 cm³/mol. The summed E-state index contributed by atoms with van der Waals surface area (Å²) in [5.74, 6) is -0.362. The third-order valence-electron chi connectivity index (χ3n) is 3.72. The zero-order valence-electron chi connectivity index (χ0n) is 9.93. The van der Waals surface area contributed by atoms with Crippen molar-refractivity contribution >= 4 is 5.97 Å². The average molecular weight is 233 g/mol. The van der Waals surface area contributed by atoms with Crippen molar-refractivity contribution in [3.63, 3.8) is 0 Å². The largest absolute Gasteiger partial charge is 0.481 e. The van der Waals surface area contributed by atoms with Gasteiger partial charge in [0.2, 0.25) is 0 Å². The molecule has 0 aromatic heterocycles. The highest BCUT2D eigenvalue weighted by Crippen LogP contribution is 2.37. The maximum atomic E-state index is 10.9. The third kappa shape index (κ3) is 2.67. The number of aryl methyl sites for hydroxylation is 1. The summed E-state index contributed by atoms with van der Waals surface area (Å²) in [6, 6.07) is 8.36. The maximum Gasteiger partial charge on any atom is 0.303 e. The van der Waals surface area contributed by atoms with E-state index in [1.54, 1.807) is 0 Å². The van der Waals surface area contributed by atoms with Crippen molar-refractivity contribution in [2.75, 3.05) is 6.54 Å². The second kappa shape index (κ2) is 5.32. The summed E-state index contributed by atoms with van der Waals surface area (Å²) in [6.07, 6.45) is 3.48. The first-order valence-electron chi connectivity index (χ1n) is 6.22. The highest BCUT2D eigenvalue weighted by atomic mass is 16.4. The van der Waals surface area contributed by atoms with Gasteiger partial charge in [-0.1, -0.05) is 24.3 Å². The van der Waals surface area contributed by atoms with Crippen molar-refractivity contribution in [2.24, 2.45) is 11.7 Å². The molecule has 0 radical (unpaired) electrons. The summed E-state index contributed by atoms with van der Waals surface area (Å²) in [5, 5.41) is 8.94. The van der Waals surface area contributed by atoms with Gasteiger partial charge < -0.3 is 10.8 Å². The van der Waals surface area contributed by atoms with E-state index in [-0.39, 0.29) is 12.3 Å². The first-order valence-corrected chi connectivity index (χ1v) is 6.22. The minimum atomic E-state index is -0.747. The van der Waals surface area contributed by atoms with Crippen LogP contribution in [0.15, 0.2) is 24.3 Å². The summed E-state index contributed by atoms with van der Waals surface area (Å²) in [5.41, 5.74) is 8.43. The standard InChI is InChI=1S/C14H19NO2/c15-9-11(8-14(16)17)13-7-3-5-10-4-1-2-6-12(10)13/h1-2,4,6,11,13H,3,5,7-9,15H2,(H,16,17). The van der Waals surface area contributed by atoms with Gasteiger partial charge in [-0.15, -0.1) is 0 Å². The fourth-order valence-corrected chi connectivity index (χ4v) is 2.90. The number of benzene rings is 1. The van der Waals surface area contributed by atoms with Gasteiger partial charge in [0.25, 0.3) is 0 Å². The summed E-state index contributed by atoms with van der Waals surface area (Å²) >= 11 is 0. The van der Waals surface area contributed by atoms with E-state index in [2.05, 4.69) is 18.2 Å². The van der Waals surface area contributed by atoms with Crippen LogP contribution in [-0.4, -0.2) is 17.6 Å². The highest BCUT2D eigenvalue weighted by Gasteiger charge is 2.28. The predicted octanol–water partition coefficient (Wildman–Crippen LogP) is 2.16. The molecule has 1 aromatic carbocycles. The van der Waals surface area contributed by atoms with Crippen LogP contribution in [0, 0.1) is 5.92 Å². The molecule has 3 nitrogen and oxygen atoms in total. The van der Waals surface area contributed by atoms with Gasteiger partial charge in [-0.3, -0.25) is 4.79 Å². The molecule has 17 heavy (non-hydrogen) atoms. The molecule has 3 heteroatoms. The number of hydrogen-bond donors (Lipinski definition) is 2. The molecule has 0 saturated carbocycles. The number of hydrogen-bond acceptors (Lipinski definition) is 2. The Morgan fingerprint density at radius 2 is 2.24 bits per heavy atom. The lowest BCUT2D eigenvalue weighted by Crippen LogP contribution is -2.27. The normalized spacial score (nSPS) is 20.6. The van der Waals surface area contributed by atoms with Gasteiger partial charge in [0, 0.05) is 6.42 Å². The number of carboxylic acids is 1. The molecule has 0 spiro atoms. The number of carbonyl (C=O) groups is 1. The molecule has 0 saturated heterocycles. The molecule has 1 aliphatic rings. The Bertz CT molecular complexity index is 403. The van der Waals surface area contributed by atoms with Crippen molar-refractivity contribution in [1.29, 1.82) is 0 Å². The topological polar surface area (TPSA) is 63.3 Å². The van der Waals surface area contributed by atoms with Crippen LogP contribution in [0.5, 0.6) is 0 Å². The van der Waals surface area contributed by atoms with Crippen LogP contribution in [0.25, 0.3) is 0 Å². The monoisotopic (exact) mass is 233 g/mol. The molecule has 0 amide bonds. The Hall–Kier alpha value is -1.35. The van der Waals surface area contributed by atoms with Gasteiger partial charge in [0.05, 0.1) is 0 Å². The van der Waals surface area contributed by atoms with E-state index in [0.29, 0.717) is 12.5 Å². The molecular weight excluding hydrogens is 214 g/mol. The maximum absolute atomic E-state index is 10.9. The van der Waals surface area contributed by atoms with Crippen LogP contribution >= 0.6 is 0 Å². The van der Waals surface area contributed by atoms with Crippen molar-refractivity contribution in [3.8, 4) is 0 Å². The van der Waals surface area contributed by atoms with Crippen LogP contribution in [0.3, 0.4) is 0 Å². The molecule has 2 rings (SSSR count). The highest BCUT2D eigenvalue weighted by molar-refractivity contribution is 5.67. The van der Waals surface area contributed by atoms with Crippen LogP contribution in [-0.2, 0) is 11.2 Å². The van der Waals surface area contributed by atoms with Crippen LogP contribution in [0.2, 0.25) is 0 Å². The summed E-state index contributed by atoms with van der Waals surface area (Å²) < 4.78 is 0. The SMILES string of the molecule is NCC(CC(=O)O)C1CCCc2ccccc21. The lowest BCUT2D eigenvalue weighted by atomic mass is 9.74. The average Bonchev–Trinajstić information content (AvgIpc) is 2.35. The third-order valence-corrected chi connectivity index (χ3v) is 3.72. The van der Waals surface area contributed by atoms with E-state index in [1.165, 1.54) is 11.1 Å². The fraction of sp³-hybridized carbons (Fsp3) is 0.500. The summed E-state index contributed by atoms with van der Waals surface area (Å²) in [6.45, 7) is 0.450. The summed E-state index contributed by atoms with van der Waals surface area (Å²) in [7, 11) is 0. The first kappa shape index (κ1) is 12.1. The first-order chi connectivity index (χ1) is 8.22. The molecule has 2 unspecified atom stereocenters. The molecule has 0 heterocycles. The van der Waals surface area contributed by atoms with E-state index in [1.807, 2.05) is 6.07 Å². The molecule has 2 atom stereocenters. The number of aliphatic carboxylic acids is 1. The lowest BCUT2D eigenvalue weighted by molar-refractivity contribution is -0.138. The van der Waals surface area contributed by atoms with Crippen LogP contribution in [0.4, 0.5) is 0 Å². The van der Waals surface area contributed by atoms with Gasteiger partial charge in [-0.2, -0.15) is 0 Å². The summed E-state index contributed by atoms with van der Waals surface area (Å²) in [4.78, 5) is 10.9. The molecule has 0 bridgehead atoms. The van der Waals surface area contributed by atoms with Crippen molar-refractivity contribution < 1.29 is 9.90 Å². The minimum Gasteiger partial charge on any atom is -0.481 e. The van der Waals surface area contributed by atoms with Gasteiger partial charge in [0.15, 0.2) is 0 Å². The van der Waals surface area contributed by atoms with E-state index in [0.717, 1.165) is 19.3 Å². The second-order valence-electron chi connectivity index (χ2n) is 4.79. The van der Waals surface area contributed by atoms with Crippen LogP contribution < -0.4 is 5.73 Å². The van der Waals surface area contributed by atoms with E-state index >= 15 is 0 Å². The molecule has 0 fully saturated rings. The van der Waals surface area contributed by atoms with Gasteiger partial charge >= 0.3 is 5.97 Å². The van der Waals surface area contributed by atoms with Crippen LogP contribution in [0.1, 0.15) is 36.3 Å². The number of rotatable bonds is 4. The Morgan fingerprint density at radius 1 is 1.47 bits per heavy atom. The Morgan fingerprint density at radius 3 is 2.94 bits per heavy atom. The van der Waals surface area contributed by atoms with Crippen molar-refractivity contribution in [3.05, 3.63) is 35.4 Å². The van der Waals surface area contributed by atoms with Crippen molar-refractivity contribution in [1.82, 2.24) is 0 Å². The Balaban J connectivity index is 2.24. The quantitative estimate of drug-likeness (QED) is 0.837. The lowest BCUT2D eigenvalue weighted by Gasteiger charge is -2.31. The fourth-order valence-electron chi connectivity index (χ4n) is 2.90. The minimum absolute atomic E-state index is 0.0638. The zero-order chi connectivity index (χ0) is 12.3. The van der Waals surface area contributed by atoms with E-state index in [9.17, 15) is 4.79 Å². The van der Waals surface area contributed by atoms with E-state index < -0.39 is 5.97 Å². The van der Waals surface area contributed by atoms with Crippen molar-refractivity contribution in [2.45, 2.75) is 31.6 Å². The van der Waals surface area contributed by atoms with E-state index in [4.69, 9.17) is 10.8 Å². The van der Waals surface area contributed by atoms with Gasteiger partial charge in [0.1, 0.15) is 0 Å². The smallest absolute Gasteiger partial charge is 0.303 e. The van der Waals surface area contributed by atoms with Gasteiger partial charge in [-0.05, 0) is 48.8 Å². The molecule has 1 aliphatic carbocycles. The molecule has 3 N–H and O–H groups in total.